The van der Waals surface area contributed by atoms with Crippen LogP contribution >= 0.6 is 0 Å². The summed E-state index contributed by atoms with van der Waals surface area (Å²) < 4.78 is 4.98. The molecule has 0 amide bonds. The van der Waals surface area contributed by atoms with Gasteiger partial charge in [0.25, 0.3) is 0 Å². The van der Waals surface area contributed by atoms with Crippen molar-refractivity contribution >= 4 is 5.69 Å². The van der Waals surface area contributed by atoms with Gasteiger partial charge in [-0.3, -0.25) is 4.98 Å². The van der Waals surface area contributed by atoms with Crippen LogP contribution in [-0.2, 0) is 4.74 Å². The SMILES string of the molecule is COCCCN(C)c1cnccc1C#N. The summed E-state index contributed by atoms with van der Waals surface area (Å²) >= 11 is 0. The number of aromatic nitrogens is 1. The zero-order chi connectivity index (χ0) is 11.1. The molecule has 0 unspecified atom stereocenters. The Bertz CT molecular complexity index is 346. The minimum atomic E-state index is 0.657. The van der Waals surface area contributed by atoms with Crippen LogP contribution in [0.5, 0.6) is 0 Å². The Hall–Kier alpha value is -1.60. The summed E-state index contributed by atoms with van der Waals surface area (Å²) in [7, 11) is 3.64. The van der Waals surface area contributed by atoms with Crippen molar-refractivity contribution in [1.29, 1.82) is 5.26 Å². The number of pyridine rings is 1. The lowest BCUT2D eigenvalue weighted by Gasteiger charge is -2.19. The van der Waals surface area contributed by atoms with E-state index in [4.69, 9.17) is 10.00 Å². The van der Waals surface area contributed by atoms with Gasteiger partial charge in [0.15, 0.2) is 0 Å². The van der Waals surface area contributed by atoms with Crippen molar-refractivity contribution in [2.75, 3.05) is 32.2 Å². The smallest absolute Gasteiger partial charge is 0.101 e. The fraction of sp³-hybridized carbons (Fsp3) is 0.455. The minimum Gasteiger partial charge on any atom is -0.385 e. The van der Waals surface area contributed by atoms with Crippen molar-refractivity contribution in [3.8, 4) is 6.07 Å². The second-order valence-electron chi connectivity index (χ2n) is 3.27. The lowest BCUT2D eigenvalue weighted by atomic mass is 10.2. The first-order chi connectivity index (χ1) is 7.29. The van der Waals surface area contributed by atoms with Gasteiger partial charge in [0.1, 0.15) is 6.07 Å². The number of nitriles is 1. The number of hydrogen-bond donors (Lipinski definition) is 0. The summed E-state index contributed by atoms with van der Waals surface area (Å²) in [5.74, 6) is 0. The van der Waals surface area contributed by atoms with Crippen molar-refractivity contribution in [3.63, 3.8) is 0 Å². The largest absolute Gasteiger partial charge is 0.385 e. The van der Waals surface area contributed by atoms with E-state index in [1.807, 2.05) is 11.9 Å². The van der Waals surface area contributed by atoms with Gasteiger partial charge in [0.2, 0.25) is 0 Å². The van der Waals surface area contributed by atoms with E-state index < -0.39 is 0 Å². The van der Waals surface area contributed by atoms with Crippen LogP contribution in [0.3, 0.4) is 0 Å². The van der Waals surface area contributed by atoms with Gasteiger partial charge in [-0.05, 0) is 12.5 Å². The molecule has 0 aromatic carbocycles. The van der Waals surface area contributed by atoms with E-state index >= 15 is 0 Å². The fourth-order valence-electron chi connectivity index (χ4n) is 1.35. The van der Waals surface area contributed by atoms with Crippen LogP contribution in [0.15, 0.2) is 18.5 Å². The molecule has 0 fully saturated rings. The number of ether oxygens (including phenoxy) is 1. The molecule has 1 aromatic rings. The second-order valence-corrected chi connectivity index (χ2v) is 3.27. The molecule has 4 heteroatoms. The number of anilines is 1. The molecule has 1 heterocycles. The van der Waals surface area contributed by atoms with E-state index in [1.54, 1.807) is 25.6 Å². The van der Waals surface area contributed by atoms with E-state index in [1.165, 1.54) is 0 Å². The van der Waals surface area contributed by atoms with E-state index in [-0.39, 0.29) is 0 Å². The predicted octanol–water partition coefficient (Wildman–Crippen LogP) is 1.43. The Morgan fingerprint density at radius 3 is 3.07 bits per heavy atom. The molecule has 0 aliphatic carbocycles. The standard InChI is InChI=1S/C11H15N3O/c1-14(6-3-7-15-2)11-9-13-5-4-10(11)8-12/h4-5,9H,3,6-7H2,1-2H3. The normalized spacial score (nSPS) is 9.67. The first-order valence-electron chi connectivity index (χ1n) is 4.83. The molecule has 0 spiro atoms. The molecule has 0 N–H and O–H groups in total. The van der Waals surface area contributed by atoms with Crippen LogP contribution in [0, 0.1) is 11.3 Å². The monoisotopic (exact) mass is 205 g/mol. The van der Waals surface area contributed by atoms with Crippen LogP contribution in [0.25, 0.3) is 0 Å². The average molecular weight is 205 g/mol. The minimum absolute atomic E-state index is 0.657. The topological polar surface area (TPSA) is 49.1 Å². The molecule has 0 atom stereocenters. The third-order valence-electron chi connectivity index (χ3n) is 2.17. The highest BCUT2D eigenvalue weighted by Gasteiger charge is 2.06. The van der Waals surface area contributed by atoms with Crippen molar-refractivity contribution in [2.24, 2.45) is 0 Å². The highest BCUT2D eigenvalue weighted by molar-refractivity contribution is 5.56. The van der Waals surface area contributed by atoms with Crippen molar-refractivity contribution < 1.29 is 4.74 Å². The molecule has 0 saturated carbocycles. The van der Waals surface area contributed by atoms with Crippen molar-refractivity contribution in [1.82, 2.24) is 4.98 Å². The summed E-state index contributed by atoms with van der Waals surface area (Å²) in [6.07, 6.45) is 4.28. The number of methoxy groups -OCH3 is 1. The van der Waals surface area contributed by atoms with E-state index in [0.717, 1.165) is 25.3 Å². The molecule has 0 saturated heterocycles. The van der Waals surface area contributed by atoms with Gasteiger partial charge in [-0.1, -0.05) is 0 Å². The Labute approximate surface area is 90.1 Å². The molecular formula is C11H15N3O. The molecule has 15 heavy (non-hydrogen) atoms. The van der Waals surface area contributed by atoms with Crippen molar-refractivity contribution in [2.45, 2.75) is 6.42 Å². The summed E-state index contributed by atoms with van der Waals surface area (Å²) in [4.78, 5) is 6.04. The van der Waals surface area contributed by atoms with Gasteiger partial charge >= 0.3 is 0 Å². The second kappa shape index (κ2) is 5.99. The lowest BCUT2D eigenvalue weighted by Crippen LogP contribution is -2.20. The molecule has 0 aliphatic rings. The predicted molar refractivity (Wildman–Crippen MR) is 58.7 cm³/mol. The summed E-state index contributed by atoms with van der Waals surface area (Å²) in [5, 5.41) is 8.91. The average Bonchev–Trinajstić information content (AvgIpc) is 2.29. The first kappa shape index (κ1) is 11.5. The molecule has 0 bridgehead atoms. The third-order valence-corrected chi connectivity index (χ3v) is 2.17. The van der Waals surface area contributed by atoms with Crippen LogP contribution in [0.2, 0.25) is 0 Å². The quantitative estimate of drug-likeness (QED) is 0.682. The highest BCUT2D eigenvalue weighted by atomic mass is 16.5. The molecule has 0 aliphatic heterocycles. The Morgan fingerprint density at radius 1 is 1.60 bits per heavy atom. The van der Waals surface area contributed by atoms with Gasteiger partial charge < -0.3 is 9.64 Å². The maximum Gasteiger partial charge on any atom is 0.101 e. The van der Waals surface area contributed by atoms with Crippen LogP contribution in [-0.4, -0.2) is 32.3 Å². The summed E-state index contributed by atoms with van der Waals surface area (Å²) in [5.41, 5.74) is 1.53. The maximum absolute atomic E-state index is 8.91. The zero-order valence-electron chi connectivity index (χ0n) is 9.10. The van der Waals surface area contributed by atoms with Crippen LogP contribution < -0.4 is 4.90 Å². The molecule has 80 valence electrons. The van der Waals surface area contributed by atoms with Crippen LogP contribution in [0.4, 0.5) is 5.69 Å². The fourth-order valence-corrected chi connectivity index (χ4v) is 1.35. The highest BCUT2D eigenvalue weighted by Crippen LogP contribution is 2.16. The van der Waals surface area contributed by atoms with E-state index in [2.05, 4.69) is 11.1 Å². The molecule has 0 radical (unpaired) electrons. The van der Waals surface area contributed by atoms with Gasteiger partial charge in [0.05, 0.1) is 17.4 Å². The van der Waals surface area contributed by atoms with Crippen molar-refractivity contribution in [3.05, 3.63) is 24.0 Å². The van der Waals surface area contributed by atoms with Gasteiger partial charge in [0, 0.05) is 33.5 Å². The van der Waals surface area contributed by atoms with E-state index in [9.17, 15) is 0 Å². The Morgan fingerprint density at radius 2 is 2.40 bits per heavy atom. The first-order valence-corrected chi connectivity index (χ1v) is 4.83. The van der Waals surface area contributed by atoms with Gasteiger partial charge in [-0.15, -0.1) is 0 Å². The number of nitrogens with zero attached hydrogens (tertiary/aromatic N) is 3. The molecule has 4 nitrogen and oxygen atoms in total. The van der Waals surface area contributed by atoms with Crippen LogP contribution in [0.1, 0.15) is 12.0 Å². The lowest BCUT2D eigenvalue weighted by molar-refractivity contribution is 0.196. The molecular weight excluding hydrogens is 190 g/mol. The zero-order valence-corrected chi connectivity index (χ0v) is 9.10. The Balaban J connectivity index is 2.65. The summed E-state index contributed by atoms with van der Waals surface area (Å²) in [6.45, 7) is 1.58. The molecule has 1 aromatic heterocycles. The third kappa shape index (κ3) is 3.22. The summed E-state index contributed by atoms with van der Waals surface area (Å²) in [6, 6.07) is 3.88. The maximum atomic E-state index is 8.91. The van der Waals surface area contributed by atoms with E-state index in [0.29, 0.717) is 5.56 Å². The van der Waals surface area contributed by atoms with Gasteiger partial charge in [-0.2, -0.15) is 5.26 Å². The van der Waals surface area contributed by atoms with Gasteiger partial charge in [-0.25, -0.2) is 0 Å². The number of hydrogen-bond acceptors (Lipinski definition) is 4. The molecule has 1 rings (SSSR count). The number of rotatable bonds is 5. The Kier molecular flexibility index (Phi) is 4.58.